The van der Waals surface area contributed by atoms with E-state index in [4.69, 9.17) is 4.98 Å². The maximum absolute atomic E-state index is 13.9. The van der Waals surface area contributed by atoms with Gasteiger partial charge in [0.15, 0.2) is 11.6 Å². The van der Waals surface area contributed by atoms with Crippen LogP contribution in [0.1, 0.15) is 43.9 Å². The number of fused-ring (bicyclic) bond motifs is 3. The molecule has 34 heavy (non-hydrogen) atoms. The predicted molar refractivity (Wildman–Crippen MR) is 118 cm³/mol. The molecule has 0 saturated heterocycles. The second-order valence-electron chi connectivity index (χ2n) is 8.70. The number of alkyl halides is 2. The van der Waals surface area contributed by atoms with E-state index in [1.54, 1.807) is 35.3 Å². The third-order valence-electron chi connectivity index (χ3n) is 6.51. The molecule has 1 aliphatic carbocycles. The van der Waals surface area contributed by atoms with Crippen LogP contribution in [-0.4, -0.2) is 46.2 Å². The van der Waals surface area contributed by atoms with Gasteiger partial charge < -0.3 is 4.90 Å². The SMILES string of the molecule is CC[C@@H]1c2nnc(C)n2-c2cnc(-n3ccnc3-c3ccc(F)cc3)nc2N1C1CC(F)(F)C1. The molecule has 174 valence electrons. The number of nitrogens with zero attached hydrogens (tertiary/aromatic N) is 8. The minimum Gasteiger partial charge on any atom is -0.341 e. The van der Waals surface area contributed by atoms with Crippen LogP contribution in [0.15, 0.2) is 42.9 Å². The summed E-state index contributed by atoms with van der Waals surface area (Å²) < 4.78 is 44.8. The van der Waals surface area contributed by atoms with Gasteiger partial charge >= 0.3 is 0 Å². The molecule has 1 fully saturated rings. The largest absolute Gasteiger partial charge is 0.341 e. The summed E-state index contributed by atoms with van der Waals surface area (Å²) >= 11 is 0. The van der Waals surface area contributed by atoms with Crippen LogP contribution >= 0.6 is 0 Å². The van der Waals surface area contributed by atoms with Gasteiger partial charge in [0.1, 0.15) is 23.2 Å². The van der Waals surface area contributed by atoms with Crippen molar-refractivity contribution in [3.63, 3.8) is 0 Å². The van der Waals surface area contributed by atoms with Gasteiger partial charge in [-0.05, 0) is 37.6 Å². The van der Waals surface area contributed by atoms with Crippen LogP contribution in [0.5, 0.6) is 0 Å². The van der Waals surface area contributed by atoms with Crippen molar-refractivity contribution in [3.8, 4) is 23.0 Å². The Bertz CT molecular complexity index is 1370. The van der Waals surface area contributed by atoms with Gasteiger partial charge in [0.05, 0.1) is 12.2 Å². The monoisotopic (exact) mass is 466 g/mol. The number of halogens is 3. The van der Waals surface area contributed by atoms with Crippen molar-refractivity contribution in [1.82, 2.24) is 34.3 Å². The van der Waals surface area contributed by atoms with E-state index in [-0.39, 0.29) is 30.7 Å². The van der Waals surface area contributed by atoms with Gasteiger partial charge in [-0.3, -0.25) is 9.13 Å². The van der Waals surface area contributed by atoms with E-state index in [0.29, 0.717) is 46.9 Å². The third-order valence-corrected chi connectivity index (χ3v) is 6.51. The lowest BCUT2D eigenvalue weighted by Gasteiger charge is -2.48. The van der Waals surface area contributed by atoms with Crippen LogP contribution in [-0.2, 0) is 0 Å². The number of anilines is 1. The maximum Gasteiger partial charge on any atom is 0.252 e. The first-order chi connectivity index (χ1) is 16.4. The number of aromatic nitrogens is 7. The molecule has 2 aliphatic rings. The molecule has 0 spiro atoms. The molecule has 0 radical (unpaired) electrons. The fraction of sp³-hybridized carbons (Fsp3) is 0.348. The lowest BCUT2D eigenvalue weighted by Crippen LogP contribution is -2.54. The number of benzene rings is 1. The highest BCUT2D eigenvalue weighted by Crippen LogP contribution is 2.48. The number of aryl methyl sites for hydroxylation is 1. The summed E-state index contributed by atoms with van der Waals surface area (Å²) in [6.45, 7) is 3.84. The summed E-state index contributed by atoms with van der Waals surface area (Å²) in [6.07, 6.45) is 5.19. The molecular formula is C23H21F3N8. The number of hydrogen-bond acceptors (Lipinski definition) is 6. The molecule has 0 bridgehead atoms. The van der Waals surface area contributed by atoms with Crippen LogP contribution in [0.4, 0.5) is 19.0 Å². The first-order valence-corrected chi connectivity index (χ1v) is 11.1. The Morgan fingerprint density at radius 2 is 1.85 bits per heavy atom. The lowest BCUT2D eigenvalue weighted by atomic mass is 9.85. The van der Waals surface area contributed by atoms with Gasteiger partial charge in [-0.2, -0.15) is 4.98 Å². The summed E-state index contributed by atoms with van der Waals surface area (Å²) in [5.41, 5.74) is 1.36. The molecule has 8 nitrogen and oxygen atoms in total. The highest BCUT2D eigenvalue weighted by Gasteiger charge is 2.52. The molecule has 1 aromatic carbocycles. The van der Waals surface area contributed by atoms with Crippen molar-refractivity contribution in [3.05, 3.63) is 60.3 Å². The number of hydrogen-bond donors (Lipinski definition) is 0. The normalized spacial score (nSPS) is 19.0. The Hall–Kier alpha value is -3.76. The van der Waals surface area contributed by atoms with Crippen molar-refractivity contribution in [2.75, 3.05) is 4.90 Å². The number of imidazole rings is 1. The lowest BCUT2D eigenvalue weighted by molar-refractivity contribution is -0.0878. The first kappa shape index (κ1) is 20.8. The van der Waals surface area contributed by atoms with E-state index in [0.717, 1.165) is 0 Å². The quantitative estimate of drug-likeness (QED) is 0.443. The molecule has 4 aromatic rings. The van der Waals surface area contributed by atoms with Crippen LogP contribution in [0.2, 0.25) is 0 Å². The van der Waals surface area contributed by atoms with Gasteiger partial charge in [-0.25, -0.2) is 23.1 Å². The fourth-order valence-electron chi connectivity index (χ4n) is 4.90. The molecule has 0 N–H and O–H groups in total. The van der Waals surface area contributed by atoms with E-state index in [1.165, 1.54) is 12.1 Å². The highest BCUT2D eigenvalue weighted by molar-refractivity contribution is 5.64. The van der Waals surface area contributed by atoms with Gasteiger partial charge in [-0.1, -0.05) is 6.92 Å². The molecule has 6 rings (SSSR count). The van der Waals surface area contributed by atoms with Gasteiger partial charge in [0.2, 0.25) is 5.95 Å². The fourth-order valence-corrected chi connectivity index (χ4v) is 4.90. The van der Waals surface area contributed by atoms with Gasteiger partial charge in [-0.15, -0.1) is 10.2 Å². The zero-order chi connectivity index (χ0) is 23.6. The van der Waals surface area contributed by atoms with Gasteiger partial charge in [0, 0.05) is 36.8 Å². The van der Waals surface area contributed by atoms with E-state index in [1.807, 2.05) is 23.3 Å². The van der Waals surface area contributed by atoms with E-state index in [9.17, 15) is 13.2 Å². The highest BCUT2D eigenvalue weighted by atomic mass is 19.3. The first-order valence-electron chi connectivity index (χ1n) is 11.1. The Kier molecular flexibility index (Phi) is 4.51. The van der Waals surface area contributed by atoms with Crippen molar-refractivity contribution >= 4 is 5.82 Å². The second-order valence-corrected chi connectivity index (χ2v) is 8.70. The molecule has 0 amide bonds. The number of rotatable bonds is 4. The Balaban J connectivity index is 1.50. The molecular weight excluding hydrogens is 445 g/mol. The van der Waals surface area contributed by atoms with Crippen molar-refractivity contribution < 1.29 is 13.2 Å². The van der Waals surface area contributed by atoms with Crippen molar-refractivity contribution in [2.24, 2.45) is 0 Å². The average molecular weight is 466 g/mol. The minimum absolute atomic E-state index is 0.235. The molecule has 1 saturated carbocycles. The van der Waals surface area contributed by atoms with E-state index >= 15 is 0 Å². The summed E-state index contributed by atoms with van der Waals surface area (Å²) in [4.78, 5) is 15.8. The van der Waals surface area contributed by atoms with Gasteiger partial charge in [0.25, 0.3) is 5.92 Å². The predicted octanol–water partition coefficient (Wildman–Crippen LogP) is 4.43. The molecule has 1 atom stereocenters. The summed E-state index contributed by atoms with van der Waals surface area (Å²) in [5.74, 6) is -0.188. The van der Waals surface area contributed by atoms with Crippen molar-refractivity contribution in [1.29, 1.82) is 0 Å². The minimum atomic E-state index is -2.68. The Labute approximate surface area is 193 Å². The Morgan fingerprint density at radius 1 is 1.09 bits per heavy atom. The molecule has 3 aromatic heterocycles. The standard InChI is InChI=1S/C23H21F3N8/c1-3-17-21-31-30-13(2)33(21)18-12-28-22(29-20(18)34(17)16-10-23(25,26)11-16)32-9-8-27-19(32)14-4-6-15(24)7-5-14/h4-9,12,16-17H,3,10-11H2,1-2H3/t17-/m1/s1. The zero-order valence-corrected chi connectivity index (χ0v) is 18.5. The summed E-state index contributed by atoms with van der Waals surface area (Å²) in [7, 11) is 0. The molecule has 4 heterocycles. The Morgan fingerprint density at radius 3 is 2.56 bits per heavy atom. The summed E-state index contributed by atoms with van der Waals surface area (Å²) in [5, 5.41) is 8.58. The van der Waals surface area contributed by atoms with Crippen LogP contribution in [0.25, 0.3) is 23.0 Å². The molecule has 11 heteroatoms. The smallest absolute Gasteiger partial charge is 0.252 e. The van der Waals surface area contributed by atoms with E-state index in [2.05, 4.69) is 20.2 Å². The third kappa shape index (κ3) is 3.10. The van der Waals surface area contributed by atoms with Crippen LogP contribution in [0, 0.1) is 12.7 Å². The van der Waals surface area contributed by atoms with Crippen molar-refractivity contribution in [2.45, 2.75) is 51.1 Å². The van der Waals surface area contributed by atoms with Crippen LogP contribution in [0.3, 0.4) is 0 Å². The summed E-state index contributed by atoms with van der Waals surface area (Å²) in [6, 6.07) is 5.39. The second kappa shape index (κ2) is 7.37. The van der Waals surface area contributed by atoms with E-state index < -0.39 is 5.92 Å². The molecule has 0 unspecified atom stereocenters. The topological polar surface area (TPSA) is 77.5 Å². The molecule has 1 aliphatic heterocycles. The maximum atomic E-state index is 13.9. The van der Waals surface area contributed by atoms with Crippen LogP contribution < -0.4 is 4.90 Å². The zero-order valence-electron chi connectivity index (χ0n) is 18.5. The average Bonchev–Trinajstić information content (AvgIpc) is 3.44.